The highest BCUT2D eigenvalue weighted by Crippen LogP contribution is 2.29. The summed E-state index contributed by atoms with van der Waals surface area (Å²) < 4.78 is 5.46. The summed E-state index contributed by atoms with van der Waals surface area (Å²) in [6.45, 7) is 11.5. The van der Waals surface area contributed by atoms with E-state index < -0.39 is 5.41 Å². The molecule has 0 spiro atoms. The number of hydrogen-bond donors (Lipinski definition) is 1. The van der Waals surface area contributed by atoms with Crippen molar-refractivity contribution in [1.82, 2.24) is 0 Å². The van der Waals surface area contributed by atoms with Crippen LogP contribution in [0, 0.1) is 17.3 Å². The van der Waals surface area contributed by atoms with Gasteiger partial charge in [-0.3, -0.25) is 10.1 Å². The number of carbonyl (C=O) groups excluding carboxylic acids is 1. The van der Waals surface area contributed by atoms with Crippen LogP contribution in [0.2, 0.25) is 0 Å². The van der Waals surface area contributed by atoms with Gasteiger partial charge in [-0.25, -0.2) is 4.89 Å². The van der Waals surface area contributed by atoms with Crippen molar-refractivity contribution in [2.45, 2.75) is 47.6 Å². The largest absolute Gasteiger partial charge is 0.461 e. The molecular formula is C12H24O4. The van der Waals surface area contributed by atoms with E-state index in [0.717, 1.165) is 0 Å². The van der Waals surface area contributed by atoms with Gasteiger partial charge in [0.05, 0.1) is 12.5 Å². The Morgan fingerprint density at radius 2 is 1.75 bits per heavy atom. The predicted octanol–water partition coefficient (Wildman–Crippen LogP) is 2.73. The molecule has 0 saturated heterocycles. The first-order valence-corrected chi connectivity index (χ1v) is 5.69. The quantitative estimate of drug-likeness (QED) is 0.434. The molecule has 0 fully saturated rings. The Morgan fingerprint density at radius 3 is 2.06 bits per heavy atom. The molecule has 0 aliphatic heterocycles. The number of esters is 1. The minimum absolute atomic E-state index is 0.140. The molecule has 0 rings (SSSR count). The lowest BCUT2D eigenvalue weighted by Gasteiger charge is -2.35. The molecular weight excluding hydrogens is 208 g/mol. The monoisotopic (exact) mass is 232 g/mol. The highest BCUT2D eigenvalue weighted by Gasteiger charge is 2.36. The topological polar surface area (TPSA) is 55.8 Å². The van der Waals surface area contributed by atoms with E-state index in [-0.39, 0.29) is 30.5 Å². The van der Waals surface area contributed by atoms with Crippen LogP contribution >= 0.6 is 0 Å². The van der Waals surface area contributed by atoms with Crippen molar-refractivity contribution >= 4 is 5.97 Å². The maximum Gasteiger partial charge on any atom is 0.308 e. The van der Waals surface area contributed by atoms with Crippen molar-refractivity contribution in [3.05, 3.63) is 0 Å². The second-order valence-corrected chi connectivity index (χ2v) is 5.52. The van der Waals surface area contributed by atoms with Gasteiger partial charge < -0.3 is 4.74 Å². The highest BCUT2D eigenvalue weighted by atomic mass is 17.1. The molecule has 16 heavy (non-hydrogen) atoms. The maximum absolute atomic E-state index is 11.6. The molecule has 0 aliphatic rings. The molecule has 0 aromatic rings. The van der Waals surface area contributed by atoms with Crippen LogP contribution in [0.1, 0.15) is 41.5 Å². The summed E-state index contributed by atoms with van der Waals surface area (Å²) in [5.74, 6) is -0.190. The van der Waals surface area contributed by atoms with Crippen LogP contribution in [-0.4, -0.2) is 23.9 Å². The molecule has 0 amide bonds. The van der Waals surface area contributed by atoms with E-state index in [9.17, 15) is 4.79 Å². The lowest BCUT2D eigenvalue weighted by molar-refractivity contribution is -0.270. The second-order valence-electron chi connectivity index (χ2n) is 5.52. The van der Waals surface area contributed by atoms with Gasteiger partial charge in [-0.15, -0.1) is 0 Å². The fraction of sp³-hybridized carbons (Fsp3) is 0.917. The normalized spacial score (nSPS) is 14.3. The molecule has 4 heteroatoms. The van der Waals surface area contributed by atoms with Crippen LogP contribution in [-0.2, 0) is 14.4 Å². The maximum atomic E-state index is 11.6. The Kier molecular flexibility index (Phi) is 5.97. The third kappa shape index (κ3) is 4.49. The van der Waals surface area contributed by atoms with Crippen molar-refractivity contribution in [2.24, 2.45) is 17.3 Å². The zero-order valence-corrected chi connectivity index (χ0v) is 11.1. The molecule has 1 atom stereocenters. The molecule has 4 nitrogen and oxygen atoms in total. The van der Waals surface area contributed by atoms with Gasteiger partial charge in [0.2, 0.25) is 0 Å². The fourth-order valence-corrected chi connectivity index (χ4v) is 1.71. The van der Waals surface area contributed by atoms with E-state index in [2.05, 4.69) is 4.89 Å². The highest BCUT2D eigenvalue weighted by molar-refractivity contribution is 5.71. The van der Waals surface area contributed by atoms with Crippen molar-refractivity contribution in [3.8, 4) is 0 Å². The van der Waals surface area contributed by atoms with E-state index in [1.165, 1.54) is 0 Å². The van der Waals surface area contributed by atoms with Crippen LogP contribution < -0.4 is 0 Å². The van der Waals surface area contributed by atoms with E-state index in [4.69, 9.17) is 9.99 Å². The molecule has 0 aliphatic carbocycles. The minimum Gasteiger partial charge on any atom is -0.461 e. The molecule has 0 heterocycles. The van der Waals surface area contributed by atoms with E-state index in [1.807, 2.05) is 27.7 Å². The molecule has 0 radical (unpaired) electrons. The average Bonchev–Trinajstić information content (AvgIpc) is 2.12. The van der Waals surface area contributed by atoms with Gasteiger partial charge >= 0.3 is 5.97 Å². The third-order valence-electron chi connectivity index (χ3n) is 2.53. The summed E-state index contributed by atoms with van der Waals surface area (Å²) in [6, 6.07) is 0. The van der Waals surface area contributed by atoms with E-state index in [0.29, 0.717) is 0 Å². The van der Waals surface area contributed by atoms with Crippen molar-refractivity contribution < 1.29 is 19.7 Å². The Labute approximate surface area is 97.9 Å². The molecule has 1 unspecified atom stereocenters. The van der Waals surface area contributed by atoms with Crippen LogP contribution in [0.25, 0.3) is 0 Å². The number of carbonyl (C=O) groups is 1. The Balaban J connectivity index is 4.68. The number of rotatable bonds is 6. The molecule has 0 saturated carbocycles. The second kappa shape index (κ2) is 6.21. The van der Waals surface area contributed by atoms with Gasteiger partial charge in [-0.05, 0) is 5.92 Å². The Morgan fingerprint density at radius 1 is 1.25 bits per heavy atom. The van der Waals surface area contributed by atoms with E-state index in [1.54, 1.807) is 13.8 Å². The standard InChI is InChI=1S/C12H24O4/c1-8(2)10(12(5,6)7-15-14)16-11(13)9(3)4/h8-10,14H,7H2,1-6H3. The average molecular weight is 232 g/mol. The Bertz CT molecular complexity index is 221. The summed E-state index contributed by atoms with van der Waals surface area (Å²) in [5.41, 5.74) is -0.409. The van der Waals surface area contributed by atoms with Gasteiger partial charge in [0.25, 0.3) is 0 Å². The summed E-state index contributed by atoms with van der Waals surface area (Å²) >= 11 is 0. The zero-order valence-electron chi connectivity index (χ0n) is 11.1. The number of ether oxygens (including phenoxy) is 1. The number of hydrogen-bond acceptors (Lipinski definition) is 4. The smallest absolute Gasteiger partial charge is 0.308 e. The van der Waals surface area contributed by atoms with Crippen LogP contribution in [0.3, 0.4) is 0 Å². The van der Waals surface area contributed by atoms with Gasteiger partial charge in [0, 0.05) is 5.41 Å². The summed E-state index contributed by atoms with van der Waals surface area (Å²) in [6.07, 6.45) is -0.269. The lowest BCUT2D eigenvalue weighted by atomic mass is 9.81. The zero-order chi connectivity index (χ0) is 12.9. The lowest BCUT2D eigenvalue weighted by Crippen LogP contribution is -2.41. The molecule has 1 N–H and O–H groups in total. The predicted molar refractivity (Wildman–Crippen MR) is 61.9 cm³/mol. The first-order valence-electron chi connectivity index (χ1n) is 5.69. The summed E-state index contributed by atoms with van der Waals surface area (Å²) in [5, 5.41) is 8.54. The molecule has 0 bridgehead atoms. The SMILES string of the molecule is CC(C)C(=O)OC(C(C)C)C(C)(C)COO. The Hall–Kier alpha value is -0.610. The van der Waals surface area contributed by atoms with Crippen molar-refractivity contribution in [1.29, 1.82) is 0 Å². The first kappa shape index (κ1) is 15.4. The van der Waals surface area contributed by atoms with Gasteiger partial charge in [-0.1, -0.05) is 41.5 Å². The fourth-order valence-electron chi connectivity index (χ4n) is 1.71. The molecule has 0 aromatic carbocycles. The van der Waals surface area contributed by atoms with Crippen molar-refractivity contribution in [2.75, 3.05) is 6.61 Å². The summed E-state index contributed by atoms with van der Waals surface area (Å²) in [4.78, 5) is 15.8. The van der Waals surface area contributed by atoms with Crippen LogP contribution in [0.5, 0.6) is 0 Å². The van der Waals surface area contributed by atoms with Gasteiger partial charge in [0.15, 0.2) is 0 Å². The van der Waals surface area contributed by atoms with E-state index >= 15 is 0 Å². The third-order valence-corrected chi connectivity index (χ3v) is 2.53. The molecule has 0 aromatic heterocycles. The van der Waals surface area contributed by atoms with Crippen LogP contribution in [0.4, 0.5) is 0 Å². The summed E-state index contributed by atoms with van der Waals surface area (Å²) in [7, 11) is 0. The molecule has 96 valence electrons. The first-order chi connectivity index (χ1) is 7.22. The van der Waals surface area contributed by atoms with Gasteiger partial charge in [0.1, 0.15) is 6.10 Å². The minimum atomic E-state index is -0.409. The van der Waals surface area contributed by atoms with Crippen molar-refractivity contribution in [3.63, 3.8) is 0 Å². The van der Waals surface area contributed by atoms with Gasteiger partial charge in [-0.2, -0.15) is 0 Å². The van der Waals surface area contributed by atoms with Crippen LogP contribution in [0.15, 0.2) is 0 Å².